The van der Waals surface area contributed by atoms with Crippen LogP contribution in [0.15, 0.2) is 5.10 Å². The Balaban J connectivity index is 4.36. The molecule has 0 bridgehead atoms. The van der Waals surface area contributed by atoms with Crippen molar-refractivity contribution in [2.45, 2.75) is 20.8 Å². The summed E-state index contributed by atoms with van der Waals surface area (Å²) in [5.41, 5.74) is 7.90. The van der Waals surface area contributed by atoms with Crippen molar-refractivity contribution >= 4 is 28.9 Å². The molecule has 5 nitrogen and oxygen atoms in total. The molecule has 6 heteroatoms. The van der Waals surface area contributed by atoms with Gasteiger partial charge < -0.3 is 10.6 Å². The van der Waals surface area contributed by atoms with Gasteiger partial charge in [-0.05, 0) is 33.0 Å². The number of amides is 1. The molecule has 0 aromatic heterocycles. The first-order chi connectivity index (χ1) is 6.52. The molecular formula is C8H16N4OS. The third kappa shape index (κ3) is 4.18. The zero-order valence-electron chi connectivity index (χ0n) is 8.70. The summed E-state index contributed by atoms with van der Waals surface area (Å²) in [5.74, 6) is -0.112. The first-order valence-electron chi connectivity index (χ1n) is 4.41. The highest BCUT2D eigenvalue weighted by Gasteiger charge is 2.12. The average Bonchev–Trinajstić information content (AvgIpc) is 2.15. The Labute approximate surface area is 89.3 Å². The van der Waals surface area contributed by atoms with Crippen LogP contribution in [0, 0.1) is 0 Å². The molecule has 0 aliphatic rings. The van der Waals surface area contributed by atoms with Crippen LogP contribution in [-0.2, 0) is 4.79 Å². The van der Waals surface area contributed by atoms with Crippen LogP contribution in [0.5, 0.6) is 0 Å². The van der Waals surface area contributed by atoms with Gasteiger partial charge in [0.15, 0.2) is 5.11 Å². The van der Waals surface area contributed by atoms with E-state index in [2.05, 4.69) is 22.7 Å². The van der Waals surface area contributed by atoms with E-state index in [1.807, 2.05) is 13.8 Å². The molecule has 0 fully saturated rings. The second-order valence-electron chi connectivity index (χ2n) is 2.65. The van der Waals surface area contributed by atoms with E-state index in [9.17, 15) is 4.79 Å². The van der Waals surface area contributed by atoms with Crippen LogP contribution in [0.2, 0.25) is 0 Å². The smallest absolute Gasteiger partial charge is 0.269 e. The van der Waals surface area contributed by atoms with Crippen LogP contribution >= 0.6 is 12.2 Å². The molecule has 0 saturated heterocycles. The van der Waals surface area contributed by atoms with Gasteiger partial charge in [-0.15, -0.1) is 0 Å². The molecular weight excluding hydrogens is 200 g/mol. The standard InChI is InChI=1S/C8H16N4OS/c1-4-12(5-2)7(13)6(3)10-11-8(9)14/h4-5H2,1-3H3,(H3,9,11,14). The minimum atomic E-state index is -0.112. The third-order valence-electron chi connectivity index (χ3n) is 1.69. The summed E-state index contributed by atoms with van der Waals surface area (Å²) >= 11 is 4.56. The molecule has 0 heterocycles. The Morgan fingerprint density at radius 1 is 1.50 bits per heavy atom. The predicted octanol–water partition coefficient (Wildman–Crippen LogP) is 0.0639. The van der Waals surface area contributed by atoms with Gasteiger partial charge >= 0.3 is 0 Å². The molecule has 0 aromatic carbocycles. The van der Waals surface area contributed by atoms with Crippen molar-refractivity contribution in [1.29, 1.82) is 0 Å². The summed E-state index contributed by atoms with van der Waals surface area (Å²) in [5, 5.41) is 3.80. The number of hydrogen-bond acceptors (Lipinski definition) is 3. The predicted molar refractivity (Wildman–Crippen MR) is 61.0 cm³/mol. The number of nitrogens with zero attached hydrogens (tertiary/aromatic N) is 2. The van der Waals surface area contributed by atoms with Gasteiger partial charge in [0.25, 0.3) is 5.91 Å². The van der Waals surface area contributed by atoms with Crippen molar-refractivity contribution in [3.8, 4) is 0 Å². The van der Waals surface area contributed by atoms with Crippen LogP contribution < -0.4 is 11.2 Å². The van der Waals surface area contributed by atoms with Crippen molar-refractivity contribution in [3.05, 3.63) is 0 Å². The van der Waals surface area contributed by atoms with Crippen molar-refractivity contribution in [2.75, 3.05) is 13.1 Å². The molecule has 80 valence electrons. The number of nitrogens with two attached hydrogens (primary N) is 1. The monoisotopic (exact) mass is 216 g/mol. The maximum Gasteiger partial charge on any atom is 0.269 e. The maximum absolute atomic E-state index is 11.6. The molecule has 3 N–H and O–H groups in total. The fourth-order valence-corrected chi connectivity index (χ4v) is 0.972. The number of carbonyl (C=O) groups is 1. The highest BCUT2D eigenvalue weighted by molar-refractivity contribution is 7.80. The Hall–Kier alpha value is -1.17. The largest absolute Gasteiger partial charge is 0.375 e. The molecule has 0 aromatic rings. The van der Waals surface area contributed by atoms with Gasteiger partial charge in [-0.25, -0.2) is 0 Å². The summed E-state index contributed by atoms with van der Waals surface area (Å²) in [4.78, 5) is 13.3. The van der Waals surface area contributed by atoms with Crippen molar-refractivity contribution in [1.82, 2.24) is 10.3 Å². The Bertz CT molecular complexity index is 248. The van der Waals surface area contributed by atoms with E-state index in [4.69, 9.17) is 5.73 Å². The highest BCUT2D eigenvalue weighted by atomic mass is 32.1. The fourth-order valence-electron chi connectivity index (χ4n) is 0.926. The molecule has 14 heavy (non-hydrogen) atoms. The fraction of sp³-hybridized carbons (Fsp3) is 0.625. The lowest BCUT2D eigenvalue weighted by Gasteiger charge is -2.17. The Morgan fingerprint density at radius 2 is 2.00 bits per heavy atom. The maximum atomic E-state index is 11.6. The first-order valence-corrected chi connectivity index (χ1v) is 4.82. The zero-order valence-corrected chi connectivity index (χ0v) is 9.52. The topological polar surface area (TPSA) is 70.7 Å². The number of hydrogen-bond donors (Lipinski definition) is 2. The van der Waals surface area contributed by atoms with Gasteiger partial charge in [0, 0.05) is 13.1 Å². The van der Waals surface area contributed by atoms with Gasteiger partial charge in [0.1, 0.15) is 5.71 Å². The van der Waals surface area contributed by atoms with Crippen molar-refractivity contribution < 1.29 is 4.79 Å². The van der Waals surface area contributed by atoms with E-state index in [0.717, 1.165) is 0 Å². The van der Waals surface area contributed by atoms with E-state index >= 15 is 0 Å². The van der Waals surface area contributed by atoms with E-state index in [1.165, 1.54) is 0 Å². The summed E-state index contributed by atoms with van der Waals surface area (Å²) in [6.07, 6.45) is 0. The van der Waals surface area contributed by atoms with Crippen molar-refractivity contribution in [2.24, 2.45) is 10.8 Å². The normalized spacial score (nSPS) is 10.9. The van der Waals surface area contributed by atoms with E-state index in [0.29, 0.717) is 18.8 Å². The number of hydrazone groups is 1. The van der Waals surface area contributed by atoms with Crippen LogP contribution in [0.3, 0.4) is 0 Å². The second kappa shape index (κ2) is 6.31. The quantitative estimate of drug-likeness (QED) is 0.396. The summed E-state index contributed by atoms with van der Waals surface area (Å²) in [7, 11) is 0. The van der Waals surface area contributed by atoms with Crippen LogP contribution in [0.1, 0.15) is 20.8 Å². The summed E-state index contributed by atoms with van der Waals surface area (Å²) in [6.45, 7) is 6.77. The van der Waals surface area contributed by atoms with Gasteiger partial charge in [0.05, 0.1) is 0 Å². The lowest BCUT2D eigenvalue weighted by Crippen LogP contribution is -2.36. The molecule has 0 rings (SSSR count). The zero-order chi connectivity index (χ0) is 11.1. The van der Waals surface area contributed by atoms with Crippen LogP contribution in [0.25, 0.3) is 0 Å². The molecule has 0 spiro atoms. The van der Waals surface area contributed by atoms with Crippen LogP contribution in [-0.4, -0.2) is 34.7 Å². The minimum Gasteiger partial charge on any atom is -0.375 e. The number of rotatable bonds is 4. The summed E-state index contributed by atoms with van der Waals surface area (Å²) in [6, 6.07) is 0. The Kier molecular flexibility index (Phi) is 5.78. The molecule has 0 aliphatic heterocycles. The molecule has 0 unspecified atom stereocenters. The lowest BCUT2D eigenvalue weighted by atomic mass is 10.3. The second-order valence-corrected chi connectivity index (χ2v) is 3.09. The average molecular weight is 216 g/mol. The molecule has 0 atom stereocenters. The number of carbonyl (C=O) groups excluding carboxylic acids is 1. The SMILES string of the molecule is CCN(CC)C(=O)C(C)=NNC(N)=S. The number of thiocarbonyl (C=S) groups is 1. The van der Waals surface area contributed by atoms with Gasteiger partial charge in [-0.2, -0.15) is 5.10 Å². The van der Waals surface area contributed by atoms with Gasteiger partial charge in [-0.3, -0.25) is 10.2 Å². The Morgan fingerprint density at radius 3 is 2.36 bits per heavy atom. The van der Waals surface area contributed by atoms with Gasteiger partial charge in [-0.1, -0.05) is 0 Å². The highest BCUT2D eigenvalue weighted by Crippen LogP contribution is 1.91. The van der Waals surface area contributed by atoms with Crippen LogP contribution in [0.4, 0.5) is 0 Å². The number of nitrogens with one attached hydrogen (secondary N) is 1. The minimum absolute atomic E-state index is 0.0525. The summed E-state index contributed by atoms with van der Waals surface area (Å²) < 4.78 is 0. The first kappa shape index (κ1) is 12.8. The molecule has 1 amide bonds. The molecule has 0 saturated carbocycles. The van der Waals surface area contributed by atoms with E-state index < -0.39 is 0 Å². The van der Waals surface area contributed by atoms with E-state index in [-0.39, 0.29) is 11.0 Å². The molecule has 0 radical (unpaired) electrons. The van der Waals surface area contributed by atoms with Crippen molar-refractivity contribution in [3.63, 3.8) is 0 Å². The lowest BCUT2D eigenvalue weighted by molar-refractivity contribution is -0.123. The third-order valence-corrected chi connectivity index (χ3v) is 1.79. The van der Waals surface area contributed by atoms with Gasteiger partial charge in [0.2, 0.25) is 0 Å². The van der Waals surface area contributed by atoms with E-state index in [1.54, 1.807) is 11.8 Å². The molecule has 0 aliphatic carbocycles.